The van der Waals surface area contributed by atoms with E-state index in [1.165, 1.54) is 24.3 Å². The molecule has 1 fully saturated rings. The van der Waals surface area contributed by atoms with E-state index in [9.17, 15) is 27.6 Å². The molecule has 2 rings (SSSR count). The molecule has 3 atom stereocenters. The van der Waals surface area contributed by atoms with Crippen LogP contribution in [-0.2, 0) is 33.7 Å². The minimum absolute atomic E-state index is 0.0608. The van der Waals surface area contributed by atoms with Gasteiger partial charge in [-0.15, -0.1) is 12.6 Å². The molecule has 34 heavy (non-hydrogen) atoms. The molecule has 1 aliphatic rings. The molecule has 184 valence electrons. The van der Waals surface area contributed by atoms with E-state index in [1.807, 2.05) is 0 Å². The van der Waals surface area contributed by atoms with E-state index in [0.717, 1.165) is 12.3 Å². The number of rotatable bonds is 11. The molecule has 1 amide bonds. The fourth-order valence-corrected chi connectivity index (χ4v) is 4.39. The Labute approximate surface area is 203 Å². The lowest BCUT2D eigenvalue weighted by atomic mass is 9.90. The largest absolute Gasteiger partial charge is 0.461 e. The van der Waals surface area contributed by atoms with E-state index in [0.29, 0.717) is 0 Å². The summed E-state index contributed by atoms with van der Waals surface area (Å²) in [6.07, 6.45) is 3.83. The van der Waals surface area contributed by atoms with E-state index < -0.39 is 50.7 Å². The summed E-state index contributed by atoms with van der Waals surface area (Å²) in [6, 6.07) is 2.87. The van der Waals surface area contributed by atoms with Crippen molar-refractivity contribution in [3.8, 4) is 0 Å². The molecule has 1 heterocycles. The number of carbonyl (C=O) groups excluding carboxylic acids is 4. The Hall–Kier alpha value is -2.96. The van der Waals surface area contributed by atoms with Crippen molar-refractivity contribution in [3.05, 3.63) is 49.1 Å². The second kappa shape index (κ2) is 12.0. The van der Waals surface area contributed by atoms with Gasteiger partial charge in [0.2, 0.25) is 5.91 Å². The number of benzene rings is 1. The Morgan fingerprint density at radius 3 is 2.41 bits per heavy atom. The van der Waals surface area contributed by atoms with Gasteiger partial charge in [-0.05, 0) is 30.5 Å². The molecular formula is C22H26N2O8S2. The van der Waals surface area contributed by atoms with Crippen molar-refractivity contribution in [2.45, 2.75) is 17.4 Å². The Kier molecular flexibility index (Phi) is 9.59. The van der Waals surface area contributed by atoms with Crippen molar-refractivity contribution < 1.29 is 37.1 Å². The predicted molar refractivity (Wildman–Crippen MR) is 127 cm³/mol. The lowest BCUT2D eigenvalue weighted by Crippen LogP contribution is -2.35. The molecule has 0 aliphatic carbocycles. The van der Waals surface area contributed by atoms with Gasteiger partial charge in [0.25, 0.3) is 0 Å². The van der Waals surface area contributed by atoms with E-state index in [-0.39, 0.29) is 42.3 Å². The van der Waals surface area contributed by atoms with Crippen LogP contribution in [0.1, 0.15) is 16.8 Å². The van der Waals surface area contributed by atoms with Gasteiger partial charge in [0.15, 0.2) is 15.0 Å². The summed E-state index contributed by atoms with van der Waals surface area (Å²) in [4.78, 5) is 49.0. The van der Waals surface area contributed by atoms with Crippen molar-refractivity contribution in [1.29, 1.82) is 0 Å². The molecule has 2 N–H and O–H groups in total. The van der Waals surface area contributed by atoms with Crippen molar-refractivity contribution in [2.24, 2.45) is 11.8 Å². The molecule has 0 aromatic heterocycles. The van der Waals surface area contributed by atoms with Crippen LogP contribution in [0, 0.1) is 11.8 Å². The smallest absolute Gasteiger partial charge is 0.338 e. The average molecular weight is 511 g/mol. The standard InChI is InChI=1S/C22H26N2O8S2/c1-4-6-31-20(26)13-8-15(11-16(9-13)34(3,29)30)24-19(25)17-10-14(12-23-17)18(22(28)33)21(27)32-7-5-2/h4-5,8-9,11,14,17-18,23H,1-2,6-7,10,12H2,3H3,(H,24,25)(H,28,33)/t14-,17+,18?/m1/s1. The number of ether oxygens (including phenoxy) is 2. The van der Waals surface area contributed by atoms with E-state index in [1.54, 1.807) is 0 Å². The molecule has 0 spiro atoms. The summed E-state index contributed by atoms with van der Waals surface area (Å²) in [5, 5.41) is 4.83. The second-order valence-electron chi connectivity index (χ2n) is 7.59. The first-order valence-corrected chi connectivity index (χ1v) is 12.5. The zero-order valence-corrected chi connectivity index (χ0v) is 20.2. The predicted octanol–water partition coefficient (Wildman–Crippen LogP) is 1.15. The molecule has 1 aromatic carbocycles. The first kappa shape index (κ1) is 27.3. The van der Waals surface area contributed by atoms with Crippen molar-refractivity contribution >= 4 is 51.1 Å². The highest BCUT2D eigenvalue weighted by Crippen LogP contribution is 2.27. The van der Waals surface area contributed by atoms with Crippen molar-refractivity contribution in [2.75, 3.05) is 31.3 Å². The van der Waals surface area contributed by atoms with Gasteiger partial charge in [0, 0.05) is 18.5 Å². The Morgan fingerprint density at radius 1 is 1.18 bits per heavy atom. The molecule has 1 unspecified atom stereocenters. The van der Waals surface area contributed by atoms with Gasteiger partial charge in [0.05, 0.1) is 16.5 Å². The summed E-state index contributed by atoms with van der Waals surface area (Å²) in [5.41, 5.74) is -0.000950. The molecule has 0 bridgehead atoms. The molecule has 1 aromatic rings. The van der Waals surface area contributed by atoms with E-state index in [4.69, 9.17) is 9.47 Å². The first-order valence-electron chi connectivity index (χ1n) is 10.2. The Bertz CT molecular complexity index is 1100. The van der Waals surface area contributed by atoms with Crippen LogP contribution < -0.4 is 10.6 Å². The number of hydrogen-bond donors (Lipinski definition) is 3. The fourth-order valence-electron chi connectivity index (χ4n) is 3.39. The maximum Gasteiger partial charge on any atom is 0.338 e. The highest BCUT2D eigenvalue weighted by molar-refractivity contribution is 7.96. The lowest BCUT2D eigenvalue weighted by molar-refractivity contribution is -0.151. The van der Waals surface area contributed by atoms with E-state index in [2.05, 4.69) is 36.4 Å². The zero-order valence-electron chi connectivity index (χ0n) is 18.5. The van der Waals surface area contributed by atoms with Crippen LogP contribution in [0.5, 0.6) is 0 Å². The molecule has 0 saturated carbocycles. The number of thiol groups is 1. The van der Waals surface area contributed by atoms with Gasteiger partial charge in [-0.25, -0.2) is 13.2 Å². The highest BCUT2D eigenvalue weighted by Gasteiger charge is 2.41. The number of sulfone groups is 1. The van der Waals surface area contributed by atoms with Gasteiger partial charge in [-0.2, -0.15) is 0 Å². The van der Waals surface area contributed by atoms with Crippen LogP contribution in [0.15, 0.2) is 48.4 Å². The normalized spacial score (nSPS) is 18.4. The van der Waals surface area contributed by atoms with Crippen LogP contribution in [0.25, 0.3) is 0 Å². The summed E-state index contributed by atoms with van der Waals surface area (Å²) >= 11 is 3.78. The van der Waals surface area contributed by atoms with Crippen LogP contribution in [0.3, 0.4) is 0 Å². The monoisotopic (exact) mass is 510 g/mol. The van der Waals surface area contributed by atoms with Crippen LogP contribution in [0.2, 0.25) is 0 Å². The van der Waals surface area contributed by atoms with E-state index >= 15 is 0 Å². The van der Waals surface area contributed by atoms with Gasteiger partial charge in [0.1, 0.15) is 19.1 Å². The molecular weight excluding hydrogens is 484 g/mol. The number of anilines is 1. The number of esters is 2. The Morgan fingerprint density at radius 2 is 1.82 bits per heavy atom. The molecule has 10 nitrogen and oxygen atoms in total. The Balaban J connectivity index is 2.19. The topological polar surface area (TPSA) is 145 Å². The third kappa shape index (κ3) is 7.27. The summed E-state index contributed by atoms with van der Waals surface area (Å²) < 4.78 is 34.0. The number of amides is 1. The number of carbonyl (C=O) groups is 4. The minimum Gasteiger partial charge on any atom is -0.461 e. The summed E-state index contributed by atoms with van der Waals surface area (Å²) in [6.45, 7) is 6.94. The maximum absolute atomic E-state index is 12.8. The van der Waals surface area contributed by atoms with Crippen LogP contribution in [0.4, 0.5) is 5.69 Å². The van der Waals surface area contributed by atoms with Gasteiger partial charge >= 0.3 is 11.9 Å². The zero-order chi connectivity index (χ0) is 25.5. The minimum atomic E-state index is -3.70. The summed E-state index contributed by atoms with van der Waals surface area (Å²) in [5.74, 6) is -3.77. The maximum atomic E-state index is 12.8. The van der Waals surface area contributed by atoms with Gasteiger partial charge in [-0.1, -0.05) is 25.3 Å². The average Bonchev–Trinajstić information content (AvgIpc) is 3.24. The second-order valence-corrected chi connectivity index (χ2v) is 10.0. The third-order valence-corrected chi connectivity index (χ3v) is 6.36. The molecule has 1 saturated heterocycles. The summed E-state index contributed by atoms with van der Waals surface area (Å²) in [7, 11) is -3.70. The highest BCUT2D eigenvalue weighted by atomic mass is 32.2. The fraction of sp³-hybridized carbons (Fsp3) is 0.364. The van der Waals surface area contributed by atoms with Crippen molar-refractivity contribution in [1.82, 2.24) is 5.32 Å². The number of hydrogen-bond acceptors (Lipinski definition) is 9. The van der Waals surface area contributed by atoms with Gasteiger partial charge < -0.3 is 20.1 Å². The number of nitrogens with one attached hydrogen (secondary N) is 2. The lowest BCUT2D eigenvalue weighted by Gasteiger charge is -2.18. The quantitative estimate of drug-likeness (QED) is 0.173. The van der Waals surface area contributed by atoms with Crippen LogP contribution >= 0.6 is 12.6 Å². The first-order chi connectivity index (χ1) is 16.0. The molecule has 1 aliphatic heterocycles. The van der Waals surface area contributed by atoms with Crippen molar-refractivity contribution in [3.63, 3.8) is 0 Å². The molecule has 12 heteroatoms. The third-order valence-electron chi connectivity index (χ3n) is 4.99. The van der Waals surface area contributed by atoms with Crippen LogP contribution in [-0.4, -0.2) is 63.4 Å². The SMILES string of the molecule is C=CCOC(=O)c1cc(NC(=O)[C@@H]2C[C@@H](C(C(=O)S)C(=O)OCC=C)CN2)cc(S(C)(=O)=O)c1. The van der Waals surface area contributed by atoms with Gasteiger partial charge in [-0.3, -0.25) is 14.4 Å². The molecule has 0 radical (unpaired) electrons.